The van der Waals surface area contributed by atoms with Gasteiger partial charge >= 0.3 is 0 Å². The molecule has 0 spiro atoms. The Bertz CT molecular complexity index is 310. The summed E-state index contributed by atoms with van der Waals surface area (Å²) >= 11 is 0. The molecule has 1 saturated carbocycles. The molecule has 0 aromatic carbocycles. The molecular formula is C12H16O2. The van der Waals surface area contributed by atoms with Crippen LogP contribution in [0.1, 0.15) is 26.7 Å². The minimum Gasteiger partial charge on any atom is -0.340 e. The summed E-state index contributed by atoms with van der Waals surface area (Å²) in [6.45, 7) is 3.98. The second kappa shape index (κ2) is 2.71. The van der Waals surface area contributed by atoms with Crippen LogP contribution in [-0.4, -0.2) is 18.0 Å². The van der Waals surface area contributed by atoms with Gasteiger partial charge in [0.2, 0.25) is 0 Å². The second-order valence-corrected chi connectivity index (χ2v) is 4.85. The fourth-order valence-corrected chi connectivity index (χ4v) is 2.34. The van der Waals surface area contributed by atoms with Gasteiger partial charge in [-0.1, -0.05) is 18.2 Å². The third-order valence-corrected chi connectivity index (χ3v) is 3.10. The topological polar surface area (TPSA) is 18.5 Å². The monoisotopic (exact) mass is 192 g/mol. The van der Waals surface area contributed by atoms with Crippen LogP contribution in [-0.2, 0) is 9.47 Å². The van der Waals surface area contributed by atoms with Crippen LogP contribution >= 0.6 is 0 Å². The Morgan fingerprint density at radius 2 is 2.07 bits per heavy atom. The fraction of sp³-hybridized carbons (Fsp3) is 0.667. The van der Waals surface area contributed by atoms with Crippen LogP contribution in [0, 0.1) is 5.92 Å². The lowest BCUT2D eigenvalue weighted by molar-refractivity contribution is -0.139. The average molecular weight is 192 g/mol. The van der Waals surface area contributed by atoms with E-state index in [0.29, 0.717) is 0 Å². The van der Waals surface area contributed by atoms with Gasteiger partial charge in [-0.2, -0.15) is 0 Å². The summed E-state index contributed by atoms with van der Waals surface area (Å²) in [5.41, 5.74) is 1.45. The molecule has 14 heavy (non-hydrogen) atoms. The van der Waals surface area contributed by atoms with Crippen LogP contribution in [0.25, 0.3) is 0 Å². The van der Waals surface area contributed by atoms with E-state index in [-0.39, 0.29) is 12.2 Å². The van der Waals surface area contributed by atoms with Crippen molar-refractivity contribution in [2.24, 2.45) is 5.92 Å². The molecule has 1 saturated heterocycles. The lowest BCUT2D eigenvalue weighted by Crippen LogP contribution is -2.26. The number of ether oxygens (including phenoxy) is 2. The largest absolute Gasteiger partial charge is 0.340 e. The van der Waals surface area contributed by atoms with E-state index in [0.717, 1.165) is 5.92 Å². The smallest absolute Gasteiger partial charge is 0.164 e. The molecule has 2 atom stereocenters. The van der Waals surface area contributed by atoms with Gasteiger partial charge in [0.15, 0.2) is 5.79 Å². The SMILES string of the molecule is CC1(C)O[C@H]2C=CC=C(C3CC3)[C@H]2O1. The van der Waals surface area contributed by atoms with E-state index in [1.54, 1.807) is 0 Å². The highest BCUT2D eigenvalue weighted by Gasteiger charge is 2.45. The van der Waals surface area contributed by atoms with Crippen molar-refractivity contribution in [3.05, 3.63) is 23.8 Å². The molecule has 0 amide bonds. The predicted molar refractivity (Wildman–Crippen MR) is 53.8 cm³/mol. The minimum absolute atomic E-state index is 0.144. The molecule has 0 aromatic rings. The van der Waals surface area contributed by atoms with Gasteiger partial charge in [0.25, 0.3) is 0 Å². The van der Waals surface area contributed by atoms with E-state index in [1.807, 2.05) is 13.8 Å². The van der Waals surface area contributed by atoms with Crippen LogP contribution in [0.4, 0.5) is 0 Å². The van der Waals surface area contributed by atoms with Gasteiger partial charge in [-0.15, -0.1) is 0 Å². The Balaban J connectivity index is 1.88. The highest BCUT2D eigenvalue weighted by molar-refractivity contribution is 5.31. The Kier molecular flexibility index (Phi) is 1.68. The second-order valence-electron chi connectivity index (χ2n) is 4.85. The summed E-state index contributed by atoms with van der Waals surface area (Å²) in [5.74, 6) is 0.350. The first-order chi connectivity index (χ1) is 6.66. The maximum atomic E-state index is 5.92. The van der Waals surface area contributed by atoms with E-state index in [2.05, 4.69) is 18.2 Å². The minimum atomic E-state index is -0.419. The summed E-state index contributed by atoms with van der Waals surface area (Å²) < 4.78 is 11.7. The Morgan fingerprint density at radius 3 is 2.79 bits per heavy atom. The van der Waals surface area contributed by atoms with Gasteiger partial charge in [0, 0.05) is 0 Å². The van der Waals surface area contributed by atoms with Crippen molar-refractivity contribution in [1.82, 2.24) is 0 Å². The Labute approximate surface area is 84.6 Å². The van der Waals surface area contributed by atoms with Gasteiger partial charge < -0.3 is 9.47 Å². The average Bonchev–Trinajstić information content (AvgIpc) is 2.86. The summed E-state index contributed by atoms with van der Waals surface area (Å²) in [6, 6.07) is 0. The van der Waals surface area contributed by atoms with Crippen molar-refractivity contribution in [1.29, 1.82) is 0 Å². The lowest BCUT2D eigenvalue weighted by atomic mass is 9.95. The third-order valence-electron chi connectivity index (χ3n) is 3.10. The molecule has 3 aliphatic rings. The first kappa shape index (κ1) is 8.69. The molecule has 0 N–H and O–H groups in total. The molecule has 2 heteroatoms. The molecule has 0 aromatic heterocycles. The van der Waals surface area contributed by atoms with E-state index < -0.39 is 5.79 Å². The fourth-order valence-electron chi connectivity index (χ4n) is 2.34. The normalized spacial score (nSPS) is 39.4. The van der Waals surface area contributed by atoms with Crippen molar-refractivity contribution in [3.63, 3.8) is 0 Å². The van der Waals surface area contributed by atoms with Crippen molar-refractivity contribution >= 4 is 0 Å². The zero-order chi connectivity index (χ0) is 9.76. The highest BCUT2D eigenvalue weighted by Crippen LogP contribution is 2.45. The maximum Gasteiger partial charge on any atom is 0.164 e. The lowest BCUT2D eigenvalue weighted by Gasteiger charge is -2.20. The standard InChI is InChI=1S/C12H16O2/c1-12(2)13-10-5-3-4-9(8-6-7-8)11(10)14-12/h3-5,8,10-11H,6-7H2,1-2H3/t10-,11+/m0/s1. The zero-order valence-electron chi connectivity index (χ0n) is 8.69. The van der Waals surface area contributed by atoms with Gasteiger partial charge in [0.1, 0.15) is 12.2 Å². The van der Waals surface area contributed by atoms with Crippen LogP contribution in [0.5, 0.6) is 0 Å². The van der Waals surface area contributed by atoms with Crippen LogP contribution in [0.2, 0.25) is 0 Å². The van der Waals surface area contributed by atoms with E-state index in [9.17, 15) is 0 Å². The van der Waals surface area contributed by atoms with Crippen LogP contribution < -0.4 is 0 Å². The molecule has 2 aliphatic carbocycles. The van der Waals surface area contributed by atoms with E-state index in [1.165, 1.54) is 18.4 Å². The number of fused-ring (bicyclic) bond motifs is 1. The van der Waals surface area contributed by atoms with Crippen LogP contribution in [0.15, 0.2) is 23.8 Å². The Hall–Kier alpha value is -0.600. The van der Waals surface area contributed by atoms with Gasteiger partial charge in [0.05, 0.1) is 0 Å². The van der Waals surface area contributed by atoms with Crippen LogP contribution in [0.3, 0.4) is 0 Å². The predicted octanol–water partition coefficient (Wildman–Crippen LogP) is 2.41. The summed E-state index contributed by atoms with van der Waals surface area (Å²) in [5, 5.41) is 0. The van der Waals surface area contributed by atoms with Crippen molar-refractivity contribution in [2.75, 3.05) is 0 Å². The molecule has 76 valence electrons. The molecule has 1 heterocycles. The number of hydrogen-bond donors (Lipinski definition) is 0. The molecule has 1 aliphatic heterocycles. The third kappa shape index (κ3) is 1.33. The molecule has 3 rings (SSSR count). The van der Waals surface area contributed by atoms with Gasteiger partial charge in [-0.05, 0) is 38.2 Å². The van der Waals surface area contributed by atoms with E-state index in [4.69, 9.17) is 9.47 Å². The summed E-state index contributed by atoms with van der Waals surface area (Å²) in [4.78, 5) is 0. The number of allylic oxidation sites excluding steroid dienone is 2. The summed E-state index contributed by atoms with van der Waals surface area (Å²) in [7, 11) is 0. The van der Waals surface area contributed by atoms with Crippen molar-refractivity contribution in [2.45, 2.75) is 44.7 Å². The van der Waals surface area contributed by atoms with Crippen molar-refractivity contribution in [3.8, 4) is 0 Å². The quantitative estimate of drug-likeness (QED) is 0.635. The first-order valence-electron chi connectivity index (χ1n) is 5.40. The molecular weight excluding hydrogens is 176 g/mol. The number of rotatable bonds is 1. The molecule has 0 unspecified atom stereocenters. The Morgan fingerprint density at radius 1 is 1.29 bits per heavy atom. The molecule has 0 bridgehead atoms. The molecule has 2 nitrogen and oxygen atoms in total. The summed E-state index contributed by atoms with van der Waals surface area (Å²) in [6.07, 6.45) is 9.40. The molecule has 0 radical (unpaired) electrons. The zero-order valence-corrected chi connectivity index (χ0v) is 8.69. The number of hydrogen-bond acceptors (Lipinski definition) is 2. The highest BCUT2D eigenvalue weighted by atomic mass is 16.7. The van der Waals surface area contributed by atoms with Gasteiger partial charge in [-0.3, -0.25) is 0 Å². The van der Waals surface area contributed by atoms with E-state index >= 15 is 0 Å². The first-order valence-corrected chi connectivity index (χ1v) is 5.40. The van der Waals surface area contributed by atoms with Gasteiger partial charge in [-0.25, -0.2) is 0 Å². The van der Waals surface area contributed by atoms with Crippen molar-refractivity contribution < 1.29 is 9.47 Å². The molecule has 2 fully saturated rings. The maximum absolute atomic E-state index is 5.92.